The topological polar surface area (TPSA) is 161 Å². The Bertz CT molecular complexity index is 993. The van der Waals surface area contributed by atoms with Crippen molar-refractivity contribution in [2.45, 2.75) is 65.6 Å². The highest BCUT2D eigenvalue weighted by molar-refractivity contribution is 5.99. The number of aliphatic hydroxyl groups excluding tert-OH is 2. The Morgan fingerprint density at radius 2 is 1.85 bits per heavy atom. The fourth-order valence-electron chi connectivity index (χ4n) is 3.29. The van der Waals surface area contributed by atoms with Gasteiger partial charge in [-0.2, -0.15) is 9.97 Å². The summed E-state index contributed by atoms with van der Waals surface area (Å²) in [5.74, 6) is -1.06. The number of hydrogen-bond donors (Lipinski definition) is 4. The average Bonchev–Trinajstić information content (AvgIpc) is 3.32. The molecule has 0 aliphatic carbocycles. The van der Waals surface area contributed by atoms with E-state index in [9.17, 15) is 19.8 Å². The van der Waals surface area contributed by atoms with Gasteiger partial charge in [0, 0.05) is 18.4 Å². The van der Waals surface area contributed by atoms with Gasteiger partial charge in [0.2, 0.25) is 17.8 Å². The van der Waals surface area contributed by atoms with Crippen LogP contribution in [-0.2, 0) is 19.1 Å². The van der Waals surface area contributed by atoms with Crippen molar-refractivity contribution in [3.05, 3.63) is 6.33 Å². The first kappa shape index (κ1) is 25.0. The lowest BCUT2D eigenvalue weighted by Crippen LogP contribution is -2.35. The molecule has 1 aliphatic heterocycles. The minimum absolute atomic E-state index is 0.00899. The molecule has 1 aliphatic rings. The fraction of sp³-hybridized carbons (Fsp3) is 0.667. The van der Waals surface area contributed by atoms with Crippen LogP contribution in [0.3, 0.4) is 0 Å². The molecule has 182 valence electrons. The Balaban J connectivity index is 2.08. The lowest BCUT2D eigenvalue weighted by molar-refractivity contribution is -0.119. The van der Waals surface area contributed by atoms with E-state index in [4.69, 9.17) is 9.47 Å². The molecular formula is C21H32N6O6. The monoisotopic (exact) mass is 464 g/mol. The van der Waals surface area contributed by atoms with E-state index in [0.717, 1.165) is 6.42 Å². The van der Waals surface area contributed by atoms with Crippen LogP contribution in [0.25, 0.3) is 11.2 Å². The SMILES string of the molecule is CCCO[C@@H]1[C@H](O)[C@@H](CO)O[C@H]1n1cnc2c(NC(=O)C(C)C)nc(NC(=O)C(C)C)nc21. The van der Waals surface area contributed by atoms with E-state index in [1.165, 1.54) is 6.33 Å². The van der Waals surface area contributed by atoms with E-state index in [2.05, 4.69) is 25.6 Å². The van der Waals surface area contributed by atoms with Gasteiger partial charge in [-0.1, -0.05) is 34.6 Å². The van der Waals surface area contributed by atoms with Crippen molar-refractivity contribution < 1.29 is 29.3 Å². The number of ether oxygens (including phenoxy) is 2. The summed E-state index contributed by atoms with van der Waals surface area (Å²) in [5.41, 5.74) is 0.551. The molecule has 0 saturated carbocycles. The third kappa shape index (κ3) is 5.29. The molecule has 2 aromatic heterocycles. The molecule has 0 bridgehead atoms. The number of fused-ring (bicyclic) bond motifs is 1. The van der Waals surface area contributed by atoms with Crippen LogP contribution < -0.4 is 10.6 Å². The van der Waals surface area contributed by atoms with Gasteiger partial charge >= 0.3 is 0 Å². The van der Waals surface area contributed by atoms with Crippen LogP contribution in [0, 0.1) is 11.8 Å². The van der Waals surface area contributed by atoms with Crippen LogP contribution in [0.4, 0.5) is 11.8 Å². The normalized spacial score (nSPS) is 22.9. The number of hydrogen-bond acceptors (Lipinski definition) is 9. The molecule has 0 spiro atoms. The Kier molecular flexibility index (Phi) is 7.95. The second-order valence-corrected chi connectivity index (χ2v) is 8.58. The van der Waals surface area contributed by atoms with Gasteiger partial charge in [0.1, 0.15) is 18.3 Å². The first-order chi connectivity index (χ1) is 15.7. The maximum atomic E-state index is 12.4. The van der Waals surface area contributed by atoms with Gasteiger partial charge < -0.3 is 25.0 Å². The second kappa shape index (κ2) is 10.5. The van der Waals surface area contributed by atoms with E-state index < -0.39 is 31.1 Å². The minimum atomic E-state index is -1.06. The number of nitrogens with zero attached hydrogens (tertiary/aromatic N) is 4. The van der Waals surface area contributed by atoms with Crippen molar-refractivity contribution in [2.75, 3.05) is 23.8 Å². The number of carbonyl (C=O) groups excluding carboxylic acids is 2. The zero-order chi connectivity index (χ0) is 24.3. The molecule has 0 aromatic carbocycles. The quantitative estimate of drug-likeness (QED) is 0.425. The first-order valence-corrected chi connectivity index (χ1v) is 11.1. The fourth-order valence-corrected chi connectivity index (χ4v) is 3.29. The highest BCUT2D eigenvalue weighted by Gasteiger charge is 2.46. The molecule has 1 fully saturated rings. The number of aromatic nitrogens is 4. The molecule has 4 atom stereocenters. The standard InChI is InChI=1S/C21H32N6O6/c1-6-7-32-15-14(29)12(8-28)33-20(15)27-9-22-13-16(23-18(30)10(2)3)24-21(25-17(13)27)26-19(31)11(4)5/h9-12,14-15,20,28-29H,6-8H2,1-5H3,(H2,23,24,25,26,30,31)/t12-,14-,15-,20-/m1/s1. The molecule has 3 rings (SSSR count). The van der Waals surface area contributed by atoms with Crippen molar-refractivity contribution in [1.82, 2.24) is 19.5 Å². The Labute approximate surface area is 191 Å². The lowest BCUT2D eigenvalue weighted by atomic mass is 10.1. The Hall–Kier alpha value is -2.67. The molecule has 12 heteroatoms. The van der Waals surface area contributed by atoms with E-state index in [1.807, 2.05) is 6.92 Å². The van der Waals surface area contributed by atoms with Crippen LogP contribution in [0.2, 0.25) is 0 Å². The van der Waals surface area contributed by atoms with Gasteiger partial charge in [-0.15, -0.1) is 0 Å². The molecule has 2 amide bonds. The number of carbonyl (C=O) groups is 2. The maximum Gasteiger partial charge on any atom is 0.233 e. The van der Waals surface area contributed by atoms with Crippen molar-refractivity contribution in [3.63, 3.8) is 0 Å². The van der Waals surface area contributed by atoms with Crippen LogP contribution in [-0.4, -0.2) is 73.1 Å². The van der Waals surface area contributed by atoms with Gasteiger partial charge in [0.15, 0.2) is 23.2 Å². The number of rotatable bonds is 9. The summed E-state index contributed by atoms with van der Waals surface area (Å²) in [5, 5.41) is 25.6. The van der Waals surface area contributed by atoms with Gasteiger partial charge in [-0.25, -0.2) is 4.98 Å². The number of imidazole rings is 1. The van der Waals surface area contributed by atoms with E-state index in [-0.39, 0.29) is 46.6 Å². The molecule has 4 N–H and O–H groups in total. The zero-order valence-electron chi connectivity index (χ0n) is 19.5. The van der Waals surface area contributed by atoms with Gasteiger partial charge in [-0.05, 0) is 6.42 Å². The molecule has 2 aromatic rings. The van der Waals surface area contributed by atoms with Crippen molar-refractivity contribution in [3.8, 4) is 0 Å². The lowest BCUT2D eigenvalue weighted by Gasteiger charge is -2.22. The molecule has 3 heterocycles. The maximum absolute atomic E-state index is 12.4. The van der Waals surface area contributed by atoms with Crippen molar-refractivity contribution >= 4 is 34.7 Å². The van der Waals surface area contributed by atoms with Crippen LogP contribution in [0.5, 0.6) is 0 Å². The summed E-state index contributed by atoms with van der Waals surface area (Å²) in [6, 6.07) is 0. The average molecular weight is 465 g/mol. The minimum Gasteiger partial charge on any atom is -0.394 e. The number of aliphatic hydroxyl groups is 2. The molecule has 1 saturated heterocycles. The largest absolute Gasteiger partial charge is 0.394 e. The molecule has 0 unspecified atom stereocenters. The van der Waals surface area contributed by atoms with E-state index in [0.29, 0.717) is 6.61 Å². The predicted molar refractivity (Wildman–Crippen MR) is 119 cm³/mol. The third-order valence-electron chi connectivity index (χ3n) is 5.23. The smallest absolute Gasteiger partial charge is 0.233 e. The Morgan fingerprint density at radius 1 is 1.18 bits per heavy atom. The summed E-state index contributed by atoms with van der Waals surface area (Å²) in [6.45, 7) is 8.88. The van der Waals surface area contributed by atoms with Crippen LogP contribution in [0.1, 0.15) is 47.3 Å². The summed E-state index contributed by atoms with van der Waals surface area (Å²) < 4.78 is 13.2. The van der Waals surface area contributed by atoms with Crippen molar-refractivity contribution in [1.29, 1.82) is 0 Å². The zero-order valence-corrected chi connectivity index (χ0v) is 19.5. The summed E-state index contributed by atoms with van der Waals surface area (Å²) in [7, 11) is 0. The van der Waals surface area contributed by atoms with Crippen molar-refractivity contribution in [2.24, 2.45) is 11.8 Å². The highest BCUT2D eigenvalue weighted by Crippen LogP contribution is 2.34. The highest BCUT2D eigenvalue weighted by atomic mass is 16.6. The molecular weight excluding hydrogens is 432 g/mol. The molecule has 0 radical (unpaired) electrons. The summed E-state index contributed by atoms with van der Waals surface area (Å²) in [4.78, 5) is 37.7. The number of amides is 2. The van der Waals surface area contributed by atoms with E-state index in [1.54, 1.807) is 32.3 Å². The van der Waals surface area contributed by atoms with Gasteiger partial charge in [0.25, 0.3) is 0 Å². The predicted octanol–water partition coefficient (Wildman–Crippen LogP) is 1.06. The molecule has 12 nitrogen and oxygen atoms in total. The van der Waals surface area contributed by atoms with Crippen LogP contribution >= 0.6 is 0 Å². The van der Waals surface area contributed by atoms with Gasteiger partial charge in [-0.3, -0.25) is 19.5 Å². The second-order valence-electron chi connectivity index (χ2n) is 8.58. The number of nitrogens with one attached hydrogen (secondary N) is 2. The van der Waals surface area contributed by atoms with Crippen LogP contribution in [0.15, 0.2) is 6.33 Å². The third-order valence-corrected chi connectivity index (χ3v) is 5.23. The Morgan fingerprint density at radius 3 is 2.45 bits per heavy atom. The summed E-state index contributed by atoms with van der Waals surface area (Å²) in [6.07, 6.45) is -1.37. The van der Waals surface area contributed by atoms with E-state index >= 15 is 0 Å². The molecule has 33 heavy (non-hydrogen) atoms. The summed E-state index contributed by atoms with van der Waals surface area (Å²) >= 11 is 0. The first-order valence-electron chi connectivity index (χ1n) is 11.1. The number of anilines is 2. The van der Waals surface area contributed by atoms with Gasteiger partial charge in [0.05, 0.1) is 12.9 Å².